The normalized spacial score (nSPS) is 20.3. The van der Waals surface area contributed by atoms with Gasteiger partial charge in [-0.1, -0.05) is 12.1 Å². The molecule has 1 fully saturated rings. The smallest absolute Gasteiger partial charge is 0.321 e. The largest absolute Gasteiger partial charge is 0.468 e. The number of esters is 1. The molecule has 1 aromatic rings. The zero-order valence-electron chi connectivity index (χ0n) is 10.5. The van der Waals surface area contributed by atoms with E-state index >= 15 is 0 Å². The van der Waals surface area contributed by atoms with E-state index in [1.54, 1.807) is 0 Å². The molecule has 4 nitrogen and oxygen atoms in total. The molecule has 0 unspecified atom stereocenters. The van der Waals surface area contributed by atoms with Crippen LogP contribution in [0.3, 0.4) is 0 Å². The summed E-state index contributed by atoms with van der Waals surface area (Å²) in [5.41, 5.74) is 2.91. The summed E-state index contributed by atoms with van der Waals surface area (Å²) in [5.74, 6) is -0.197. The van der Waals surface area contributed by atoms with Crippen LogP contribution in [0.1, 0.15) is 17.5 Å². The molecule has 1 saturated heterocycles. The average Bonchev–Trinajstić information content (AvgIpc) is 2.37. The second kappa shape index (κ2) is 4.28. The molecule has 2 aliphatic rings. The summed E-state index contributed by atoms with van der Waals surface area (Å²) < 4.78 is 10.2. The molecule has 0 atom stereocenters. The van der Waals surface area contributed by atoms with Gasteiger partial charge in [-0.3, -0.25) is 4.79 Å². The van der Waals surface area contributed by atoms with Crippen molar-refractivity contribution < 1.29 is 14.3 Å². The fourth-order valence-corrected chi connectivity index (χ4v) is 2.68. The van der Waals surface area contributed by atoms with Crippen LogP contribution in [0.4, 0.5) is 5.69 Å². The molecule has 0 aromatic heterocycles. The van der Waals surface area contributed by atoms with E-state index < -0.39 is 5.41 Å². The number of carbonyl (C=O) groups is 1. The number of aryl methyl sites for hydroxylation is 1. The van der Waals surface area contributed by atoms with Crippen LogP contribution < -0.4 is 5.32 Å². The van der Waals surface area contributed by atoms with E-state index in [1.165, 1.54) is 18.4 Å². The number of benzene rings is 1. The fourth-order valence-electron chi connectivity index (χ4n) is 2.68. The third kappa shape index (κ3) is 1.60. The number of fused-ring (bicyclic) bond motifs is 1. The third-order valence-electron chi connectivity index (χ3n) is 3.87. The van der Waals surface area contributed by atoms with Gasteiger partial charge >= 0.3 is 5.97 Å². The van der Waals surface area contributed by atoms with Crippen LogP contribution in [0.2, 0.25) is 0 Å². The van der Waals surface area contributed by atoms with E-state index in [0.29, 0.717) is 13.2 Å². The second-order valence-corrected chi connectivity index (χ2v) is 4.97. The van der Waals surface area contributed by atoms with Crippen molar-refractivity contribution in [3.05, 3.63) is 29.3 Å². The molecule has 96 valence electrons. The number of hydrogen-bond acceptors (Lipinski definition) is 4. The van der Waals surface area contributed by atoms with Crippen LogP contribution in [-0.2, 0) is 26.1 Å². The molecule has 0 spiro atoms. The Kier molecular flexibility index (Phi) is 2.74. The summed E-state index contributed by atoms with van der Waals surface area (Å²) in [4.78, 5) is 12.0. The van der Waals surface area contributed by atoms with Gasteiger partial charge in [0.1, 0.15) is 5.41 Å². The standard InChI is InChI=1S/C14H17NO3/c1-17-13(16)14(8-18-9-14)11-4-5-12-10(7-11)3-2-6-15-12/h4-5,7,15H,2-3,6,8-9H2,1H3. The predicted molar refractivity (Wildman–Crippen MR) is 67.8 cm³/mol. The Morgan fingerprint density at radius 1 is 1.44 bits per heavy atom. The Morgan fingerprint density at radius 2 is 2.28 bits per heavy atom. The van der Waals surface area contributed by atoms with Crippen LogP contribution in [0.15, 0.2) is 18.2 Å². The van der Waals surface area contributed by atoms with Gasteiger partial charge in [0.15, 0.2) is 0 Å². The summed E-state index contributed by atoms with van der Waals surface area (Å²) in [6.45, 7) is 1.87. The molecule has 0 amide bonds. The van der Waals surface area contributed by atoms with Gasteiger partial charge in [0.05, 0.1) is 20.3 Å². The first kappa shape index (κ1) is 11.5. The van der Waals surface area contributed by atoms with Gasteiger partial charge in [0.25, 0.3) is 0 Å². The van der Waals surface area contributed by atoms with Gasteiger partial charge in [-0.2, -0.15) is 0 Å². The van der Waals surface area contributed by atoms with Crippen LogP contribution >= 0.6 is 0 Å². The van der Waals surface area contributed by atoms with Crippen LogP contribution in [-0.4, -0.2) is 32.8 Å². The van der Waals surface area contributed by atoms with Crippen molar-refractivity contribution >= 4 is 11.7 Å². The van der Waals surface area contributed by atoms with E-state index in [2.05, 4.69) is 17.4 Å². The van der Waals surface area contributed by atoms with Gasteiger partial charge in [0.2, 0.25) is 0 Å². The topological polar surface area (TPSA) is 47.6 Å². The van der Waals surface area contributed by atoms with Gasteiger partial charge in [-0.05, 0) is 30.0 Å². The molecule has 2 heterocycles. The lowest BCUT2D eigenvalue weighted by atomic mass is 9.77. The number of methoxy groups -OCH3 is 1. The highest BCUT2D eigenvalue weighted by Gasteiger charge is 2.48. The zero-order chi connectivity index (χ0) is 12.6. The molecule has 2 aliphatic heterocycles. The first-order valence-electron chi connectivity index (χ1n) is 6.30. The molecule has 0 aliphatic carbocycles. The van der Waals surface area contributed by atoms with E-state index in [0.717, 1.165) is 24.9 Å². The molecule has 3 rings (SSSR count). The highest BCUT2D eigenvalue weighted by atomic mass is 16.5. The summed E-state index contributed by atoms with van der Waals surface area (Å²) >= 11 is 0. The quantitative estimate of drug-likeness (QED) is 0.804. The van der Waals surface area contributed by atoms with E-state index in [-0.39, 0.29) is 5.97 Å². The molecule has 0 radical (unpaired) electrons. The Labute approximate surface area is 106 Å². The summed E-state index contributed by atoms with van der Waals surface area (Å²) in [7, 11) is 1.43. The lowest BCUT2D eigenvalue weighted by Crippen LogP contribution is -2.53. The zero-order valence-corrected chi connectivity index (χ0v) is 10.5. The minimum Gasteiger partial charge on any atom is -0.468 e. The average molecular weight is 247 g/mol. The molecule has 1 N–H and O–H groups in total. The number of ether oxygens (including phenoxy) is 2. The van der Waals surface area contributed by atoms with Crippen LogP contribution in [0.25, 0.3) is 0 Å². The van der Waals surface area contributed by atoms with Crippen molar-refractivity contribution in [2.24, 2.45) is 0 Å². The maximum absolute atomic E-state index is 12.0. The fraction of sp³-hybridized carbons (Fsp3) is 0.500. The van der Waals surface area contributed by atoms with Crippen molar-refractivity contribution in [2.45, 2.75) is 18.3 Å². The molecule has 1 aromatic carbocycles. The summed E-state index contributed by atoms with van der Waals surface area (Å²) in [6.07, 6.45) is 2.20. The monoisotopic (exact) mass is 247 g/mol. The van der Waals surface area contributed by atoms with Crippen molar-refractivity contribution in [3.63, 3.8) is 0 Å². The van der Waals surface area contributed by atoms with Crippen molar-refractivity contribution in [2.75, 3.05) is 32.2 Å². The van der Waals surface area contributed by atoms with Crippen molar-refractivity contribution in [3.8, 4) is 0 Å². The van der Waals surface area contributed by atoms with Gasteiger partial charge in [0, 0.05) is 12.2 Å². The van der Waals surface area contributed by atoms with Crippen LogP contribution in [0, 0.1) is 0 Å². The highest BCUT2D eigenvalue weighted by Crippen LogP contribution is 2.36. The Balaban J connectivity index is 1.98. The lowest BCUT2D eigenvalue weighted by Gasteiger charge is -2.39. The number of carbonyl (C=O) groups excluding carboxylic acids is 1. The minimum absolute atomic E-state index is 0.197. The minimum atomic E-state index is -0.582. The summed E-state index contributed by atoms with van der Waals surface area (Å²) in [6, 6.07) is 6.20. The molecular formula is C14H17NO3. The molecule has 18 heavy (non-hydrogen) atoms. The van der Waals surface area contributed by atoms with Gasteiger partial charge in [-0.15, -0.1) is 0 Å². The van der Waals surface area contributed by atoms with Gasteiger partial charge < -0.3 is 14.8 Å². The maximum Gasteiger partial charge on any atom is 0.321 e. The second-order valence-electron chi connectivity index (χ2n) is 4.97. The first-order chi connectivity index (χ1) is 8.76. The number of anilines is 1. The van der Waals surface area contributed by atoms with E-state index in [1.807, 2.05) is 6.07 Å². The van der Waals surface area contributed by atoms with Gasteiger partial charge in [-0.25, -0.2) is 0 Å². The third-order valence-corrected chi connectivity index (χ3v) is 3.87. The predicted octanol–water partition coefficient (Wildman–Crippen LogP) is 1.49. The van der Waals surface area contributed by atoms with Crippen molar-refractivity contribution in [1.82, 2.24) is 0 Å². The van der Waals surface area contributed by atoms with Crippen molar-refractivity contribution in [1.29, 1.82) is 0 Å². The van der Waals surface area contributed by atoms with E-state index in [4.69, 9.17) is 9.47 Å². The maximum atomic E-state index is 12.0. The molecule has 0 saturated carbocycles. The number of rotatable bonds is 2. The SMILES string of the molecule is COC(=O)C1(c2ccc3c(c2)CCCN3)COC1. The number of hydrogen-bond donors (Lipinski definition) is 1. The molecule has 4 heteroatoms. The molecule has 0 bridgehead atoms. The Hall–Kier alpha value is -1.55. The van der Waals surface area contributed by atoms with Crippen LogP contribution in [0.5, 0.6) is 0 Å². The molecular weight excluding hydrogens is 230 g/mol. The Morgan fingerprint density at radius 3 is 2.94 bits per heavy atom. The number of nitrogens with one attached hydrogen (secondary N) is 1. The van der Waals surface area contributed by atoms with E-state index in [9.17, 15) is 4.79 Å². The summed E-state index contributed by atoms with van der Waals surface area (Å²) in [5, 5.41) is 3.37. The first-order valence-corrected chi connectivity index (χ1v) is 6.30. The lowest BCUT2D eigenvalue weighted by molar-refractivity contribution is -0.166. The Bertz CT molecular complexity index is 480. The highest BCUT2D eigenvalue weighted by molar-refractivity contribution is 5.85.